The molecule has 1 aromatic carbocycles. The highest BCUT2D eigenvalue weighted by Gasteiger charge is 2.19. The lowest BCUT2D eigenvalue weighted by Gasteiger charge is -2.20. The summed E-state index contributed by atoms with van der Waals surface area (Å²) in [4.78, 5) is 12.1. The number of aliphatic hydroxyl groups excluding tert-OH is 1. The summed E-state index contributed by atoms with van der Waals surface area (Å²) in [7, 11) is 1.49. The van der Waals surface area contributed by atoms with Gasteiger partial charge in [0.15, 0.2) is 0 Å². The van der Waals surface area contributed by atoms with Gasteiger partial charge in [0.1, 0.15) is 11.3 Å². The zero-order chi connectivity index (χ0) is 13.7. The lowest BCUT2D eigenvalue weighted by molar-refractivity contribution is 0.0914. The van der Waals surface area contributed by atoms with Crippen molar-refractivity contribution in [3.8, 4) is 5.75 Å². The number of amides is 1. The monoisotopic (exact) mass is 252 g/mol. The minimum Gasteiger partial charge on any atom is -0.496 e. The molecular weight excluding hydrogens is 232 g/mol. The predicted octanol–water partition coefficient (Wildman–Crippen LogP) is 1.02. The fourth-order valence-electron chi connectivity index (χ4n) is 1.54. The Kier molecular flexibility index (Phi) is 4.97. The first-order chi connectivity index (χ1) is 8.51. The molecule has 0 fully saturated rings. The summed E-state index contributed by atoms with van der Waals surface area (Å²) in [5.41, 5.74) is 6.49. The molecule has 0 spiro atoms. The second-order valence-corrected chi connectivity index (χ2v) is 4.35. The molecule has 5 nitrogen and oxygen atoms in total. The number of ether oxygens (including phenoxy) is 1. The highest BCUT2D eigenvalue weighted by atomic mass is 16.5. The lowest BCUT2D eigenvalue weighted by Crippen LogP contribution is -2.38. The van der Waals surface area contributed by atoms with Crippen molar-refractivity contribution in [2.24, 2.45) is 5.92 Å². The van der Waals surface area contributed by atoms with E-state index in [1.165, 1.54) is 7.11 Å². The quantitative estimate of drug-likeness (QED) is 0.683. The molecule has 0 heterocycles. The predicted molar refractivity (Wildman–Crippen MR) is 70.6 cm³/mol. The second kappa shape index (κ2) is 6.26. The van der Waals surface area contributed by atoms with Gasteiger partial charge in [0.05, 0.1) is 7.11 Å². The molecule has 0 radical (unpaired) electrons. The topological polar surface area (TPSA) is 84.6 Å². The molecule has 0 aliphatic carbocycles. The molecule has 0 saturated carbocycles. The van der Waals surface area contributed by atoms with E-state index in [1.54, 1.807) is 18.2 Å². The maximum Gasteiger partial charge on any atom is 0.257 e. The molecule has 1 aromatic rings. The summed E-state index contributed by atoms with van der Waals surface area (Å²) in [5.74, 6) is 0.124. The Hall–Kier alpha value is -1.75. The summed E-state index contributed by atoms with van der Waals surface area (Å²) in [6, 6.07) is 4.92. The number of aliphatic hydroxyl groups is 1. The number of nitrogens with two attached hydrogens (primary N) is 1. The molecule has 0 aliphatic heterocycles. The van der Waals surface area contributed by atoms with E-state index in [1.807, 2.05) is 13.8 Å². The van der Waals surface area contributed by atoms with Crippen LogP contribution in [0.2, 0.25) is 0 Å². The molecule has 0 aromatic heterocycles. The Balaban J connectivity index is 2.91. The third-order valence-electron chi connectivity index (χ3n) is 3.01. The molecule has 4 N–H and O–H groups in total. The van der Waals surface area contributed by atoms with Gasteiger partial charge in [0.2, 0.25) is 0 Å². The van der Waals surface area contributed by atoms with Crippen LogP contribution in [0.4, 0.5) is 5.69 Å². The van der Waals surface area contributed by atoms with Gasteiger partial charge in [-0.25, -0.2) is 0 Å². The van der Waals surface area contributed by atoms with Crippen molar-refractivity contribution in [2.75, 3.05) is 19.5 Å². The lowest BCUT2D eigenvalue weighted by atomic mass is 10.0. The Morgan fingerprint density at radius 1 is 1.50 bits per heavy atom. The van der Waals surface area contributed by atoms with Crippen LogP contribution in [0.15, 0.2) is 18.2 Å². The number of rotatable bonds is 5. The van der Waals surface area contributed by atoms with Crippen LogP contribution < -0.4 is 15.8 Å². The van der Waals surface area contributed by atoms with Gasteiger partial charge < -0.3 is 20.9 Å². The molecule has 1 amide bonds. The maximum absolute atomic E-state index is 12.1. The van der Waals surface area contributed by atoms with Crippen LogP contribution in [0.3, 0.4) is 0 Å². The van der Waals surface area contributed by atoms with E-state index >= 15 is 0 Å². The van der Waals surface area contributed by atoms with Gasteiger partial charge in [-0.1, -0.05) is 13.0 Å². The number of nitrogen functional groups attached to an aromatic ring is 1. The molecule has 18 heavy (non-hydrogen) atoms. The Bertz CT molecular complexity index is 421. The van der Waals surface area contributed by atoms with E-state index in [2.05, 4.69) is 5.32 Å². The Morgan fingerprint density at radius 2 is 2.17 bits per heavy atom. The van der Waals surface area contributed by atoms with Crippen molar-refractivity contribution in [1.29, 1.82) is 0 Å². The summed E-state index contributed by atoms with van der Waals surface area (Å²) >= 11 is 0. The number of carbonyl (C=O) groups is 1. The summed E-state index contributed by atoms with van der Waals surface area (Å²) in [6.45, 7) is 3.71. The SMILES string of the molecule is COc1cccc(N)c1C(=O)NC(C)C(C)CO. The van der Waals surface area contributed by atoms with E-state index in [4.69, 9.17) is 15.6 Å². The zero-order valence-electron chi connectivity index (χ0n) is 10.9. The number of anilines is 1. The highest BCUT2D eigenvalue weighted by molar-refractivity contribution is 6.02. The van der Waals surface area contributed by atoms with Gasteiger partial charge in [-0.15, -0.1) is 0 Å². The highest BCUT2D eigenvalue weighted by Crippen LogP contribution is 2.24. The minimum atomic E-state index is -0.294. The first-order valence-electron chi connectivity index (χ1n) is 5.85. The Labute approximate surface area is 107 Å². The molecular formula is C13H20N2O3. The largest absolute Gasteiger partial charge is 0.496 e. The van der Waals surface area contributed by atoms with Gasteiger partial charge in [-0.05, 0) is 25.0 Å². The number of hydrogen-bond donors (Lipinski definition) is 3. The summed E-state index contributed by atoms with van der Waals surface area (Å²) < 4.78 is 5.13. The van der Waals surface area contributed by atoms with E-state index in [0.29, 0.717) is 17.0 Å². The minimum absolute atomic E-state index is 0.0167. The van der Waals surface area contributed by atoms with Gasteiger partial charge in [-0.2, -0.15) is 0 Å². The fraction of sp³-hybridized carbons (Fsp3) is 0.462. The third-order valence-corrected chi connectivity index (χ3v) is 3.01. The second-order valence-electron chi connectivity index (χ2n) is 4.35. The summed E-state index contributed by atoms with van der Waals surface area (Å²) in [6.07, 6.45) is 0. The van der Waals surface area contributed by atoms with Crippen LogP contribution in [0.5, 0.6) is 5.75 Å². The van der Waals surface area contributed by atoms with Crippen LogP contribution in [0.1, 0.15) is 24.2 Å². The first kappa shape index (κ1) is 14.3. The fourth-order valence-corrected chi connectivity index (χ4v) is 1.54. The van der Waals surface area contributed by atoms with E-state index in [-0.39, 0.29) is 24.5 Å². The number of methoxy groups -OCH3 is 1. The standard InChI is InChI=1S/C13H20N2O3/c1-8(7-16)9(2)15-13(17)12-10(14)5-4-6-11(12)18-3/h4-6,8-9,16H,7,14H2,1-3H3,(H,15,17). The first-order valence-corrected chi connectivity index (χ1v) is 5.85. The zero-order valence-corrected chi connectivity index (χ0v) is 10.9. The van der Waals surface area contributed by atoms with Gasteiger partial charge >= 0.3 is 0 Å². The van der Waals surface area contributed by atoms with Crippen molar-refractivity contribution >= 4 is 11.6 Å². The Morgan fingerprint density at radius 3 is 2.72 bits per heavy atom. The van der Waals surface area contributed by atoms with Crippen molar-refractivity contribution in [3.05, 3.63) is 23.8 Å². The van der Waals surface area contributed by atoms with Crippen molar-refractivity contribution < 1.29 is 14.6 Å². The number of hydrogen-bond acceptors (Lipinski definition) is 4. The van der Waals surface area contributed by atoms with E-state index < -0.39 is 0 Å². The van der Waals surface area contributed by atoms with Gasteiger partial charge in [0, 0.05) is 18.3 Å². The third kappa shape index (κ3) is 3.13. The van der Waals surface area contributed by atoms with Crippen molar-refractivity contribution in [1.82, 2.24) is 5.32 Å². The molecule has 2 unspecified atom stereocenters. The maximum atomic E-state index is 12.1. The van der Waals surface area contributed by atoms with Crippen LogP contribution in [-0.2, 0) is 0 Å². The van der Waals surface area contributed by atoms with Gasteiger partial charge in [-0.3, -0.25) is 4.79 Å². The van der Waals surface area contributed by atoms with Crippen molar-refractivity contribution in [2.45, 2.75) is 19.9 Å². The molecule has 0 bridgehead atoms. The summed E-state index contributed by atoms with van der Waals surface area (Å²) in [5, 5.41) is 11.8. The van der Waals surface area contributed by atoms with Crippen LogP contribution in [0.25, 0.3) is 0 Å². The van der Waals surface area contributed by atoms with Crippen LogP contribution in [-0.4, -0.2) is 30.8 Å². The van der Waals surface area contributed by atoms with Crippen LogP contribution in [0, 0.1) is 5.92 Å². The van der Waals surface area contributed by atoms with Crippen molar-refractivity contribution in [3.63, 3.8) is 0 Å². The number of carbonyl (C=O) groups excluding carboxylic acids is 1. The molecule has 5 heteroatoms. The average molecular weight is 252 g/mol. The van der Waals surface area contributed by atoms with E-state index in [9.17, 15) is 4.79 Å². The average Bonchev–Trinajstić information content (AvgIpc) is 2.36. The molecule has 0 saturated heterocycles. The smallest absolute Gasteiger partial charge is 0.257 e. The van der Waals surface area contributed by atoms with E-state index in [0.717, 1.165) is 0 Å². The normalized spacial score (nSPS) is 13.8. The molecule has 100 valence electrons. The molecule has 1 rings (SSSR count). The molecule has 0 aliphatic rings. The number of nitrogens with one attached hydrogen (secondary N) is 1. The number of benzene rings is 1. The molecule has 2 atom stereocenters. The van der Waals surface area contributed by atoms with Gasteiger partial charge in [0.25, 0.3) is 5.91 Å². The van der Waals surface area contributed by atoms with Crippen LogP contribution >= 0.6 is 0 Å².